The highest BCUT2D eigenvalue weighted by Gasteiger charge is 2.08. The molecule has 2 N–H and O–H groups in total. The van der Waals surface area contributed by atoms with E-state index in [1.54, 1.807) is 12.4 Å². The molecule has 0 radical (unpaired) electrons. The number of nitrogens with one attached hydrogen (secondary N) is 2. The molecule has 2 aromatic heterocycles. The Morgan fingerprint density at radius 3 is 2.86 bits per heavy atom. The second-order valence-corrected chi connectivity index (χ2v) is 5.45. The first-order chi connectivity index (χ1) is 10.8. The summed E-state index contributed by atoms with van der Waals surface area (Å²) in [5.74, 6) is 2.43. The lowest BCUT2D eigenvalue weighted by Gasteiger charge is -2.27. The van der Waals surface area contributed by atoms with Crippen LogP contribution in [-0.4, -0.2) is 63.7 Å². The molecule has 3 rings (SSSR count). The monoisotopic (exact) mass is 301 g/mol. The van der Waals surface area contributed by atoms with E-state index in [9.17, 15) is 0 Å². The number of nitrogens with zero attached hydrogens (tertiary/aromatic N) is 5. The molecule has 1 saturated heterocycles. The number of hydrogen-bond donors (Lipinski definition) is 2. The van der Waals surface area contributed by atoms with E-state index in [0.29, 0.717) is 5.95 Å². The van der Waals surface area contributed by atoms with Crippen molar-refractivity contribution < 1.29 is 0 Å². The average Bonchev–Trinajstić information content (AvgIpc) is 2.99. The number of aryl methyl sites for hydroxylation is 1. The molecule has 1 aliphatic rings. The molecule has 0 atom stereocenters. The van der Waals surface area contributed by atoms with E-state index in [1.165, 1.54) is 0 Å². The standard InChI is InChI=1S/C15H23N7/c1-13-17-8-12-22(13)14-3-5-19-15(20-14)18-4-2-9-21-10-6-16-7-11-21/h3,5,8,12,16H,2,4,6-7,9-11H2,1H3,(H,18,19,20). The Labute approximate surface area is 130 Å². The molecule has 22 heavy (non-hydrogen) atoms. The largest absolute Gasteiger partial charge is 0.354 e. The summed E-state index contributed by atoms with van der Waals surface area (Å²) in [6.45, 7) is 8.46. The minimum atomic E-state index is 0.672. The number of imidazole rings is 1. The Morgan fingerprint density at radius 1 is 1.23 bits per heavy atom. The van der Waals surface area contributed by atoms with Crippen molar-refractivity contribution in [1.82, 2.24) is 29.7 Å². The van der Waals surface area contributed by atoms with Gasteiger partial charge in [0.05, 0.1) is 0 Å². The Balaban J connectivity index is 1.49. The molecule has 1 aliphatic heterocycles. The van der Waals surface area contributed by atoms with Gasteiger partial charge in [-0.05, 0) is 26.0 Å². The van der Waals surface area contributed by atoms with Gasteiger partial charge < -0.3 is 15.5 Å². The highest BCUT2D eigenvalue weighted by atomic mass is 15.2. The van der Waals surface area contributed by atoms with Crippen LogP contribution in [0.2, 0.25) is 0 Å². The molecule has 0 unspecified atom stereocenters. The fraction of sp³-hybridized carbons (Fsp3) is 0.533. The van der Waals surface area contributed by atoms with Crippen molar-refractivity contribution in [1.29, 1.82) is 0 Å². The molecule has 118 valence electrons. The summed E-state index contributed by atoms with van der Waals surface area (Å²) in [4.78, 5) is 15.5. The zero-order chi connectivity index (χ0) is 15.2. The maximum atomic E-state index is 4.54. The van der Waals surface area contributed by atoms with E-state index in [2.05, 4.69) is 30.5 Å². The highest BCUT2D eigenvalue weighted by Crippen LogP contribution is 2.08. The molecule has 0 bridgehead atoms. The Kier molecular flexibility index (Phi) is 4.97. The van der Waals surface area contributed by atoms with Gasteiger partial charge in [0.2, 0.25) is 5.95 Å². The summed E-state index contributed by atoms with van der Waals surface area (Å²) in [5, 5.41) is 6.68. The van der Waals surface area contributed by atoms with Crippen molar-refractivity contribution in [2.24, 2.45) is 0 Å². The molecule has 0 aliphatic carbocycles. The van der Waals surface area contributed by atoms with Crippen molar-refractivity contribution in [3.8, 4) is 5.82 Å². The van der Waals surface area contributed by atoms with Crippen LogP contribution in [-0.2, 0) is 0 Å². The number of hydrogen-bond acceptors (Lipinski definition) is 6. The summed E-state index contributed by atoms with van der Waals surface area (Å²) in [6.07, 6.45) is 6.56. The molecule has 7 nitrogen and oxygen atoms in total. The van der Waals surface area contributed by atoms with Gasteiger partial charge in [-0.15, -0.1) is 0 Å². The molecule has 0 spiro atoms. The maximum Gasteiger partial charge on any atom is 0.224 e. The third kappa shape index (κ3) is 3.80. The molecule has 2 aromatic rings. The van der Waals surface area contributed by atoms with Gasteiger partial charge in [0, 0.05) is 51.3 Å². The molecule has 1 fully saturated rings. The lowest BCUT2D eigenvalue weighted by atomic mass is 10.3. The van der Waals surface area contributed by atoms with E-state index in [0.717, 1.165) is 57.3 Å². The lowest BCUT2D eigenvalue weighted by molar-refractivity contribution is 0.240. The van der Waals surface area contributed by atoms with Crippen LogP contribution < -0.4 is 10.6 Å². The van der Waals surface area contributed by atoms with Gasteiger partial charge in [-0.1, -0.05) is 0 Å². The first kappa shape index (κ1) is 14.9. The molecule has 0 amide bonds. The Bertz CT molecular complexity index is 589. The molecule has 3 heterocycles. The van der Waals surface area contributed by atoms with Crippen molar-refractivity contribution in [3.05, 3.63) is 30.5 Å². The van der Waals surface area contributed by atoms with Crippen molar-refractivity contribution >= 4 is 5.95 Å². The second-order valence-electron chi connectivity index (χ2n) is 5.45. The quantitative estimate of drug-likeness (QED) is 0.765. The Hall–Kier alpha value is -1.99. The first-order valence-electron chi connectivity index (χ1n) is 7.83. The van der Waals surface area contributed by atoms with E-state index in [1.807, 2.05) is 23.8 Å². The predicted octanol–water partition coefficient (Wildman–Crippen LogP) is 0.678. The number of rotatable bonds is 6. The summed E-state index contributed by atoms with van der Waals surface area (Å²) >= 11 is 0. The van der Waals surface area contributed by atoms with Crippen LogP contribution in [0.5, 0.6) is 0 Å². The van der Waals surface area contributed by atoms with Gasteiger partial charge in [0.1, 0.15) is 11.6 Å². The minimum Gasteiger partial charge on any atom is -0.354 e. The van der Waals surface area contributed by atoms with Gasteiger partial charge in [-0.3, -0.25) is 4.57 Å². The highest BCUT2D eigenvalue weighted by molar-refractivity contribution is 5.32. The summed E-state index contributed by atoms with van der Waals surface area (Å²) in [6, 6.07) is 1.89. The third-order valence-corrected chi connectivity index (χ3v) is 3.86. The van der Waals surface area contributed by atoms with Crippen LogP contribution in [0.4, 0.5) is 5.95 Å². The molecule has 7 heteroatoms. The van der Waals surface area contributed by atoms with Crippen LogP contribution in [0.15, 0.2) is 24.7 Å². The number of aromatic nitrogens is 4. The smallest absolute Gasteiger partial charge is 0.224 e. The van der Waals surface area contributed by atoms with Crippen LogP contribution in [0.25, 0.3) is 5.82 Å². The normalized spacial score (nSPS) is 15.9. The van der Waals surface area contributed by atoms with Crippen molar-refractivity contribution in [2.45, 2.75) is 13.3 Å². The lowest BCUT2D eigenvalue weighted by Crippen LogP contribution is -2.44. The fourth-order valence-electron chi connectivity index (χ4n) is 2.63. The van der Waals surface area contributed by atoms with Gasteiger partial charge in [-0.2, -0.15) is 4.98 Å². The van der Waals surface area contributed by atoms with E-state index < -0.39 is 0 Å². The first-order valence-corrected chi connectivity index (χ1v) is 7.83. The third-order valence-electron chi connectivity index (χ3n) is 3.86. The van der Waals surface area contributed by atoms with E-state index >= 15 is 0 Å². The van der Waals surface area contributed by atoms with Crippen molar-refractivity contribution in [3.63, 3.8) is 0 Å². The maximum absolute atomic E-state index is 4.54. The fourth-order valence-corrected chi connectivity index (χ4v) is 2.63. The van der Waals surface area contributed by atoms with Crippen LogP contribution in [0.1, 0.15) is 12.2 Å². The van der Waals surface area contributed by atoms with Crippen LogP contribution in [0.3, 0.4) is 0 Å². The van der Waals surface area contributed by atoms with E-state index in [-0.39, 0.29) is 0 Å². The predicted molar refractivity (Wildman–Crippen MR) is 86.3 cm³/mol. The molecule has 0 saturated carbocycles. The summed E-state index contributed by atoms with van der Waals surface area (Å²) in [5.41, 5.74) is 0. The Morgan fingerprint density at radius 2 is 2.09 bits per heavy atom. The van der Waals surface area contributed by atoms with Gasteiger partial charge in [0.15, 0.2) is 0 Å². The average molecular weight is 301 g/mol. The number of anilines is 1. The summed E-state index contributed by atoms with van der Waals surface area (Å²) in [7, 11) is 0. The SMILES string of the molecule is Cc1nccn1-c1ccnc(NCCCN2CCNCC2)n1. The van der Waals surface area contributed by atoms with Crippen molar-refractivity contribution in [2.75, 3.05) is 44.6 Å². The second kappa shape index (κ2) is 7.33. The molecular formula is C15H23N7. The van der Waals surface area contributed by atoms with Crippen LogP contribution in [0, 0.1) is 6.92 Å². The zero-order valence-corrected chi connectivity index (χ0v) is 13.0. The minimum absolute atomic E-state index is 0.672. The van der Waals surface area contributed by atoms with Crippen LogP contribution >= 0.6 is 0 Å². The molecule has 0 aromatic carbocycles. The molecular weight excluding hydrogens is 278 g/mol. The topological polar surface area (TPSA) is 70.9 Å². The van der Waals surface area contributed by atoms with Gasteiger partial charge in [-0.25, -0.2) is 9.97 Å². The summed E-state index contributed by atoms with van der Waals surface area (Å²) < 4.78 is 1.95. The number of piperazine rings is 1. The zero-order valence-electron chi connectivity index (χ0n) is 13.0. The van der Waals surface area contributed by atoms with Gasteiger partial charge >= 0.3 is 0 Å². The van der Waals surface area contributed by atoms with E-state index in [4.69, 9.17) is 0 Å². The van der Waals surface area contributed by atoms with Gasteiger partial charge in [0.25, 0.3) is 0 Å².